The molecule has 1 aliphatic heterocycles. The zero-order valence-corrected chi connectivity index (χ0v) is 17.1. The number of hydrogen-bond donors (Lipinski definition) is 1. The van der Waals surface area contributed by atoms with Crippen molar-refractivity contribution in [1.29, 1.82) is 0 Å². The molecule has 2 fully saturated rings. The molecule has 0 amide bonds. The van der Waals surface area contributed by atoms with Gasteiger partial charge in [-0.3, -0.25) is 4.90 Å². The summed E-state index contributed by atoms with van der Waals surface area (Å²) in [4.78, 5) is 2.34. The number of rotatable bonds is 6. The lowest BCUT2D eigenvalue weighted by molar-refractivity contribution is -0.0279. The molecular weight excluding hydrogens is 369 g/mol. The highest BCUT2D eigenvalue weighted by Crippen LogP contribution is 2.37. The molecule has 0 spiro atoms. The van der Waals surface area contributed by atoms with Crippen LogP contribution in [0.5, 0.6) is 11.5 Å². The van der Waals surface area contributed by atoms with Crippen LogP contribution in [0.4, 0.5) is 4.39 Å². The van der Waals surface area contributed by atoms with Crippen molar-refractivity contribution in [3.8, 4) is 11.5 Å². The minimum absolute atomic E-state index is 0.273. The van der Waals surface area contributed by atoms with Gasteiger partial charge < -0.3 is 14.6 Å². The van der Waals surface area contributed by atoms with Crippen LogP contribution in [0.1, 0.15) is 49.7 Å². The van der Waals surface area contributed by atoms with E-state index in [2.05, 4.69) is 11.0 Å². The maximum atomic E-state index is 13.2. The third-order valence-electron chi connectivity index (χ3n) is 6.33. The Labute approximate surface area is 172 Å². The van der Waals surface area contributed by atoms with Crippen LogP contribution < -0.4 is 9.47 Å². The number of hydrogen-bond acceptors (Lipinski definition) is 4. The highest BCUT2D eigenvalue weighted by Gasteiger charge is 2.34. The summed E-state index contributed by atoms with van der Waals surface area (Å²) in [5, 5.41) is 11.1. The van der Waals surface area contributed by atoms with Gasteiger partial charge in [-0.05, 0) is 62.3 Å². The van der Waals surface area contributed by atoms with Crippen LogP contribution in [0.15, 0.2) is 42.5 Å². The molecule has 2 aromatic rings. The van der Waals surface area contributed by atoms with Gasteiger partial charge in [0.15, 0.2) is 11.5 Å². The SMILES string of the molecule is COc1cccc(CN2CCC(O)(c3ccc(F)cc3)CC2)c1OC1CCCC1. The molecule has 4 rings (SSSR count). The first-order valence-corrected chi connectivity index (χ1v) is 10.6. The molecule has 1 heterocycles. The molecule has 1 aliphatic carbocycles. The van der Waals surface area contributed by atoms with Crippen LogP contribution in [0, 0.1) is 5.82 Å². The van der Waals surface area contributed by atoms with E-state index in [0.717, 1.165) is 55.1 Å². The Hall–Kier alpha value is -2.11. The highest BCUT2D eigenvalue weighted by atomic mass is 19.1. The monoisotopic (exact) mass is 399 g/mol. The largest absolute Gasteiger partial charge is 0.493 e. The van der Waals surface area contributed by atoms with Crippen LogP contribution in [-0.4, -0.2) is 36.3 Å². The molecule has 2 aliphatic rings. The Morgan fingerprint density at radius 1 is 1.07 bits per heavy atom. The predicted octanol–water partition coefficient (Wildman–Crippen LogP) is 4.64. The second-order valence-corrected chi connectivity index (χ2v) is 8.29. The van der Waals surface area contributed by atoms with Crippen LogP contribution in [0.3, 0.4) is 0 Å². The van der Waals surface area contributed by atoms with Crippen molar-refractivity contribution >= 4 is 0 Å². The van der Waals surface area contributed by atoms with Gasteiger partial charge in [0.1, 0.15) is 5.82 Å². The summed E-state index contributed by atoms with van der Waals surface area (Å²) in [5.41, 5.74) is 1.04. The van der Waals surface area contributed by atoms with Crippen molar-refractivity contribution in [1.82, 2.24) is 4.90 Å². The Morgan fingerprint density at radius 2 is 1.76 bits per heavy atom. The highest BCUT2D eigenvalue weighted by molar-refractivity contribution is 5.47. The minimum atomic E-state index is -0.887. The lowest BCUT2D eigenvalue weighted by atomic mass is 9.84. The number of para-hydroxylation sites is 1. The van der Waals surface area contributed by atoms with E-state index >= 15 is 0 Å². The van der Waals surface area contributed by atoms with Crippen molar-refractivity contribution < 1.29 is 19.0 Å². The molecule has 0 atom stereocenters. The summed E-state index contributed by atoms with van der Waals surface area (Å²) >= 11 is 0. The van der Waals surface area contributed by atoms with Gasteiger partial charge in [-0.2, -0.15) is 0 Å². The first-order valence-electron chi connectivity index (χ1n) is 10.6. The number of likely N-dealkylation sites (tertiary alicyclic amines) is 1. The van der Waals surface area contributed by atoms with Crippen molar-refractivity contribution in [3.05, 3.63) is 59.4 Å². The lowest BCUT2D eigenvalue weighted by Crippen LogP contribution is -2.42. The van der Waals surface area contributed by atoms with Crippen molar-refractivity contribution in [3.63, 3.8) is 0 Å². The Kier molecular flexibility index (Phi) is 6.07. The van der Waals surface area contributed by atoms with Crippen LogP contribution in [-0.2, 0) is 12.1 Å². The fourth-order valence-electron chi connectivity index (χ4n) is 4.52. The maximum absolute atomic E-state index is 13.2. The molecule has 1 N–H and O–H groups in total. The second-order valence-electron chi connectivity index (χ2n) is 8.29. The quantitative estimate of drug-likeness (QED) is 0.768. The van der Waals surface area contributed by atoms with Gasteiger partial charge >= 0.3 is 0 Å². The summed E-state index contributed by atoms with van der Waals surface area (Å²) in [6, 6.07) is 12.3. The topological polar surface area (TPSA) is 41.9 Å². The number of ether oxygens (including phenoxy) is 2. The average Bonchev–Trinajstić information content (AvgIpc) is 3.25. The van der Waals surface area contributed by atoms with Crippen molar-refractivity contribution in [2.45, 2.75) is 56.8 Å². The van der Waals surface area contributed by atoms with Crippen LogP contribution >= 0.6 is 0 Å². The number of halogens is 1. The fraction of sp³-hybridized carbons (Fsp3) is 0.500. The summed E-state index contributed by atoms with van der Waals surface area (Å²) in [7, 11) is 1.68. The molecule has 1 saturated carbocycles. The standard InChI is InChI=1S/C24H30FNO3/c1-28-22-8-4-5-18(23(22)29-21-6-2-3-7-21)17-26-15-13-24(27,14-16-26)19-9-11-20(25)12-10-19/h4-5,8-12,21,27H,2-3,6-7,13-17H2,1H3. The molecule has 4 nitrogen and oxygen atoms in total. The Morgan fingerprint density at radius 3 is 2.41 bits per heavy atom. The summed E-state index contributed by atoms with van der Waals surface area (Å²) < 4.78 is 25.1. The van der Waals surface area contributed by atoms with E-state index in [1.165, 1.54) is 25.0 Å². The lowest BCUT2D eigenvalue weighted by Gasteiger charge is -2.38. The van der Waals surface area contributed by atoms with E-state index in [1.54, 1.807) is 19.2 Å². The Bertz CT molecular complexity index is 809. The van der Waals surface area contributed by atoms with Gasteiger partial charge in [0.05, 0.1) is 18.8 Å². The van der Waals surface area contributed by atoms with Gasteiger partial charge in [-0.15, -0.1) is 0 Å². The Balaban J connectivity index is 1.44. The van der Waals surface area contributed by atoms with Crippen LogP contribution in [0.25, 0.3) is 0 Å². The summed E-state index contributed by atoms with van der Waals surface area (Å²) in [6.45, 7) is 2.31. The normalized spacial score (nSPS) is 20.0. The molecule has 0 bridgehead atoms. The molecule has 1 saturated heterocycles. The van der Waals surface area contributed by atoms with E-state index in [0.29, 0.717) is 12.8 Å². The molecule has 29 heavy (non-hydrogen) atoms. The summed E-state index contributed by atoms with van der Waals surface area (Å²) in [5.74, 6) is 1.37. The van der Waals surface area contributed by atoms with Gasteiger partial charge in [-0.25, -0.2) is 4.39 Å². The third kappa shape index (κ3) is 4.57. The number of benzene rings is 2. The smallest absolute Gasteiger partial charge is 0.166 e. The van der Waals surface area contributed by atoms with Crippen LogP contribution in [0.2, 0.25) is 0 Å². The summed E-state index contributed by atoms with van der Waals surface area (Å²) in [6.07, 6.45) is 6.18. The number of piperidine rings is 1. The van der Waals surface area contributed by atoms with Crippen molar-refractivity contribution in [2.24, 2.45) is 0 Å². The van der Waals surface area contributed by atoms with Gasteiger partial charge in [-0.1, -0.05) is 24.3 Å². The average molecular weight is 400 g/mol. The van der Waals surface area contributed by atoms with E-state index in [1.807, 2.05) is 12.1 Å². The van der Waals surface area contributed by atoms with E-state index in [-0.39, 0.29) is 11.9 Å². The third-order valence-corrected chi connectivity index (χ3v) is 6.33. The van der Waals surface area contributed by atoms with E-state index < -0.39 is 5.60 Å². The molecule has 0 unspecified atom stereocenters. The number of methoxy groups -OCH3 is 1. The molecule has 0 aromatic heterocycles. The van der Waals surface area contributed by atoms with Crippen molar-refractivity contribution in [2.75, 3.05) is 20.2 Å². The van der Waals surface area contributed by atoms with E-state index in [9.17, 15) is 9.50 Å². The molecule has 156 valence electrons. The molecule has 5 heteroatoms. The first kappa shape index (κ1) is 20.2. The van der Waals surface area contributed by atoms with Gasteiger partial charge in [0, 0.05) is 25.2 Å². The zero-order valence-electron chi connectivity index (χ0n) is 17.1. The fourth-order valence-corrected chi connectivity index (χ4v) is 4.52. The predicted molar refractivity (Wildman–Crippen MR) is 111 cm³/mol. The van der Waals surface area contributed by atoms with Gasteiger partial charge in [0.2, 0.25) is 0 Å². The molecule has 2 aromatic carbocycles. The zero-order chi connectivity index (χ0) is 20.3. The molecular formula is C24H30FNO3. The first-order chi connectivity index (χ1) is 14.1. The maximum Gasteiger partial charge on any atom is 0.166 e. The van der Waals surface area contributed by atoms with Gasteiger partial charge in [0.25, 0.3) is 0 Å². The minimum Gasteiger partial charge on any atom is -0.493 e. The number of aliphatic hydroxyl groups is 1. The number of nitrogens with zero attached hydrogens (tertiary/aromatic N) is 1. The van der Waals surface area contributed by atoms with E-state index in [4.69, 9.17) is 9.47 Å². The molecule has 0 radical (unpaired) electrons. The second kappa shape index (κ2) is 8.72.